The van der Waals surface area contributed by atoms with Crippen molar-refractivity contribution in [2.75, 3.05) is 11.4 Å². The van der Waals surface area contributed by atoms with Crippen molar-refractivity contribution in [2.24, 2.45) is 0 Å². The summed E-state index contributed by atoms with van der Waals surface area (Å²) >= 11 is 0. The Bertz CT molecular complexity index is 1200. The predicted octanol–water partition coefficient (Wildman–Crippen LogP) is 6.08. The van der Waals surface area contributed by atoms with E-state index in [-0.39, 0.29) is 24.3 Å². The van der Waals surface area contributed by atoms with E-state index in [0.29, 0.717) is 0 Å². The van der Waals surface area contributed by atoms with Crippen LogP contribution in [-0.4, -0.2) is 16.1 Å². The molecule has 0 radical (unpaired) electrons. The highest BCUT2D eigenvalue weighted by molar-refractivity contribution is 5.91. The first-order valence-corrected chi connectivity index (χ1v) is 10.2. The second kappa shape index (κ2) is 8.11. The number of hydrogen-bond donors (Lipinski definition) is 0. The Kier molecular flexibility index (Phi) is 5.52. The van der Waals surface area contributed by atoms with E-state index in [1.54, 1.807) is 12.1 Å². The Morgan fingerprint density at radius 1 is 1.00 bits per heavy atom. The highest BCUT2D eigenvalue weighted by Gasteiger charge is 2.22. The van der Waals surface area contributed by atoms with E-state index in [2.05, 4.69) is 59.7 Å². The van der Waals surface area contributed by atoms with Crippen LogP contribution in [0.25, 0.3) is 10.9 Å². The molecule has 30 heavy (non-hydrogen) atoms. The van der Waals surface area contributed by atoms with Gasteiger partial charge < -0.3 is 9.47 Å². The van der Waals surface area contributed by atoms with Crippen LogP contribution in [0.4, 0.5) is 10.2 Å². The average molecular weight is 422 g/mol. The maximum absolute atomic E-state index is 13.8. The quantitative estimate of drug-likeness (QED) is 0.400. The van der Waals surface area contributed by atoms with Gasteiger partial charge in [0.25, 0.3) is 0 Å². The molecular weight excluding hydrogens is 397 g/mol. The van der Waals surface area contributed by atoms with Crippen LogP contribution in [0.5, 0.6) is 0 Å². The summed E-state index contributed by atoms with van der Waals surface area (Å²) in [5.74, 6) is 0.836. The van der Waals surface area contributed by atoms with Crippen LogP contribution < -0.4 is 4.90 Å². The minimum Gasteiger partial charge on any atom is -0.351 e. The number of pyridine rings is 1. The lowest BCUT2D eigenvalue weighted by Crippen LogP contribution is -2.31. The van der Waals surface area contributed by atoms with Crippen molar-refractivity contribution in [1.29, 1.82) is 0 Å². The number of halogens is 2. The molecule has 0 aliphatic carbocycles. The normalized spacial score (nSPS) is 14.3. The van der Waals surface area contributed by atoms with Gasteiger partial charge in [-0.3, -0.25) is 0 Å². The van der Waals surface area contributed by atoms with Crippen molar-refractivity contribution in [3.8, 4) is 0 Å². The molecule has 3 heterocycles. The van der Waals surface area contributed by atoms with E-state index in [1.165, 1.54) is 17.2 Å². The van der Waals surface area contributed by atoms with Crippen LogP contribution in [0, 0.1) is 12.7 Å². The first kappa shape index (κ1) is 20.4. The standard InChI is InChI=1S/C25H24FN3.ClH/c1-17-14-23-24(29(17)18(2)20-8-5-9-22(26)15-20)10-12-27-25(23)28-13-11-19-6-3-4-7-21(19)16-28;/h3-10,12,14-15,18H,11,13,16H2,1-2H3;1H. The summed E-state index contributed by atoms with van der Waals surface area (Å²) in [4.78, 5) is 7.13. The average Bonchev–Trinajstić information content (AvgIpc) is 3.08. The number of rotatable bonds is 3. The third-order valence-corrected chi connectivity index (χ3v) is 6.09. The molecule has 1 unspecified atom stereocenters. The SMILES string of the molecule is Cc1cc2c(N3CCc4ccccc4C3)nccc2n1C(C)c1cccc(F)c1.Cl. The van der Waals surface area contributed by atoms with Gasteiger partial charge in [0, 0.05) is 30.4 Å². The molecule has 0 saturated carbocycles. The number of hydrogen-bond acceptors (Lipinski definition) is 2. The van der Waals surface area contributed by atoms with E-state index in [4.69, 9.17) is 4.98 Å². The number of fused-ring (bicyclic) bond motifs is 2. The second-order valence-electron chi connectivity index (χ2n) is 7.89. The molecule has 154 valence electrons. The minimum atomic E-state index is -0.196. The maximum atomic E-state index is 13.8. The molecule has 1 aliphatic rings. The molecule has 0 N–H and O–H groups in total. The number of aryl methyl sites for hydroxylation is 1. The lowest BCUT2D eigenvalue weighted by molar-refractivity contribution is 0.607. The number of benzene rings is 2. The summed E-state index contributed by atoms with van der Waals surface area (Å²) in [6.07, 6.45) is 2.93. The second-order valence-corrected chi connectivity index (χ2v) is 7.89. The van der Waals surface area contributed by atoms with Gasteiger partial charge in [-0.15, -0.1) is 12.4 Å². The zero-order chi connectivity index (χ0) is 20.0. The lowest BCUT2D eigenvalue weighted by atomic mass is 10.00. The summed E-state index contributed by atoms with van der Waals surface area (Å²) in [7, 11) is 0. The van der Waals surface area contributed by atoms with Gasteiger partial charge in [-0.05, 0) is 61.2 Å². The summed E-state index contributed by atoms with van der Waals surface area (Å²) in [5, 5.41) is 1.16. The zero-order valence-corrected chi connectivity index (χ0v) is 18.0. The van der Waals surface area contributed by atoms with Gasteiger partial charge in [-0.1, -0.05) is 36.4 Å². The molecular formula is C25H25ClFN3. The van der Waals surface area contributed by atoms with Crippen molar-refractivity contribution in [2.45, 2.75) is 32.9 Å². The van der Waals surface area contributed by atoms with Gasteiger partial charge in [-0.25, -0.2) is 9.37 Å². The molecule has 5 heteroatoms. The number of anilines is 1. The Labute approximate surface area is 182 Å². The summed E-state index contributed by atoms with van der Waals surface area (Å²) in [5.41, 5.74) is 6.08. The topological polar surface area (TPSA) is 21.1 Å². The Hall–Kier alpha value is -2.85. The molecule has 1 atom stereocenters. The van der Waals surface area contributed by atoms with E-state index in [1.807, 2.05) is 12.3 Å². The summed E-state index contributed by atoms with van der Waals surface area (Å²) in [6.45, 7) is 6.09. The van der Waals surface area contributed by atoms with Crippen molar-refractivity contribution < 1.29 is 4.39 Å². The van der Waals surface area contributed by atoms with E-state index in [9.17, 15) is 4.39 Å². The molecule has 2 aromatic heterocycles. The summed E-state index contributed by atoms with van der Waals surface area (Å²) < 4.78 is 16.1. The molecule has 0 fully saturated rings. The fourth-order valence-corrected chi connectivity index (χ4v) is 4.63. The monoisotopic (exact) mass is 421 g/mol. The first-order chi connectivity index (χ1) is 14.1. The fraction of sp³-hybridized carbons (Fsp3) is 0.240. The minimum absolute atomic E-state index is 0. The molecule has 5 rings (SSSR count). The Morgan fingerprint density at radius 2 is 1.80 bits per heavy atom. The first-order valence-electron chi connectivity index (χ1n) is 10.2. The van der Waals surface area contributed by atoms with Crippen molar-refractivity contribution in [3.63, 3.8) is 0 Å². The molecule has 0 amide bonds. The number of aromatic nitrogens is 2. The molecule has 3 nitrogen and oxygen atoms in total. The van der Waals surface area contributed by atoms with Gasteiger partial charge in [0.05, 0.1) is 11.6 Å². The van der Waals surface area contributed by atoms with E-state index in [0.717, 1.165) is 47.5 Å². The smallest absolute Gasteiger partial charge is 0.138 e. The van der Waals surface area contributed by atoms with E-state index < -0.39 is 0 Å². The van der Waals surface area contributed by atoms with Crippen molar-refractivity contribution in [3.05, 3.63) is 95.1 Å². The largest absolute Gasteiger partial charge is 0.351 e. The van der Waals surface area contributed by atoms with Gasteiger partial charge >= 0.3 is 0 Å². The molecule has 4 aromatic rings. The highest BCUT2D eigenvalue weighted by Crippen LogP contribution is 2.34. The van der Waals surface area contributed by atoms with Crippen LogP contribution >= 0.6 is 12.4 Å². The van der Waals surface area contributed by atoms with Crippen LogP contribution in [0.1, 0.15) is 35.3 Å². The van der Waals surface area contributed by atoms with Gasteiger partial charge in [-0.2, -0.15) is 0 Å². The van der Waals surface area contributed by atoms with E-state index >= 15 is 0 Å². The molecule has 0 saturated heterocycles. The van der Waals surface area contributed by atoms with Gasteiger partial charge in [0.1, 0.15) is 11.6 Å². The van der Waals surface area contributed by atoms with Crippen LogP contribution in [0.2, 0.25) is 0 Å². The molecule has 2 aromatic carbocycles. The lowest BCUT2D eigenvalue weighted by Gasteiger charge is -2.30. The molecule has 0 spiro atoms. The Morgan fingerprint density at radius 3 is 2.60 bits per heavy atom. The van der Waals surface area contributed by atoms with Crippen molar-refractivity contribution >= 4 is 29.1 Å². The van der Waals surface area contributed by atoms with Crippen molar-refractivity contribution in [1.82, 2.24) is 9.55 Å². The third-order valence-electron chi connectivity index (χ3n) is 6.09. The predicted molar refractivity (Wildman–Crippen MR) is 123 cm³/mol. The molecule has 0 bridgehead atoms. The number of nitrogens with zero attached hydrogens (tertiary/aromatic N) is 3. The zero-order valence-electron chi connectivity index (χ0n) is 17.2. The van der Waals surface area contributed by atoms with Crippen LogP contribution in [-0.2, 0) is 13.0 Å². The third kappa shape index (κ3) is 3.46. The maximum Gasteiger partial charge on any atom is 0.138 e. The highest BCUT2D eigenvalue weighted by atomic mass is 35.5. The van der Waals surface area contributed by atoms with Gasteiger partial charge in [0.2, 0.25) is 0 Å². The summed E-state index contributed by atoms with van der Waals surface area (Å²) in [6, 6.07) is 19.9. The van der Waals surface area contributed by atoms with Gasteiger partial charge in [0.15, 0.2) is 0 Å². The Balaban J connectivity index is 0.00000218. The fourth-order valence-electron chi connectivity index (χ4n) is 4.63. The van der Waals surface area contributed by atoms with Crippen LogP contribution in [0.3, 0.4) is 0 Å². The molecule has 1 aliphatic heterocycles. The van der Waals surface area contributed by atoms with Crippen LogP contribution in [0.15, 0.2) is 66.9 Å².